The second kappa shape index (κ2) is 6.25. The van der Waals surface area contributed by atoms with E-state index in [1.165, 1.54) is 6.34 Å². The number of ether oxygens (including phenoxy) is 1. The van der Waals surface area contributed by atoms with E-state index in [4.69, 9.17) is 9.94 Å². The largest absolute Gasteiger partial charge is 0.494 e. The number of aliphatic imine (C=N–C) groups is 1. The van der Waals surface area contributed by atoms with Crippen molar-refractivity contribution in [2.24, 2.45) is 10.4 Å². The first-order valence-electron chi connectivity index (χ1n) is 5.66. The molecule has 0 aliphatic heterocycles. The minimum absolute atomic E-state index is 0.289. The fraction of sp³-hybridized carbons (Fsp3) is 0.462. The van der Waals surface area contributed by atoms with Gasteiger partial charge in [-0.25, -0.2) is 4.99 Å². The van der Waals surface area contributed by atoms with Crippen LogP contribution in [0.5, 0.6) is 5.75 Å². The highest BCUT2D eigenvalue weighted by Crippen LogP contribution is 2.21. The molecule has 94 valence electrons. The number of hydrogen-bond donors (Lipinski definition) is 2. The standard InChI is InChI=1S/C13H20N2O2/c1-13(2,3)8-9-17-12-6-4-11(5-7-12)14-10-15-16/h4-7,10,16H,8-9H2,1-3H3,(H,14,15). The average molecular weight is 236 g/mol. The predicted molar refractivity (Wildman–Crippen MR) is 69.1 cm³/mol. The van der Waals surface area contributed by atoms with Crippen molar-refractivity contribution in [3.05, 3.63) is 24.3 Å². The molecule has 1 aromatic rings. The lowest BCUT2D eigenvalue weighted by Gasteiger charge is -2.18. The summed E-state index contributed by atoms with van der Waals surface area (Å²) in [7, 11) is 0. The van der Waals surface area contributed by atoms with Crippen LogP contribution in [0.4, 0.5) is 5.69 Å². The van der Waals surface area contributed by atoms with Gasteiger partial charge in [-0.05, 0) is 36.1 Å². The van der Waals surface area contributed by atoms with Crippen molar-refractivity contribution in [3.8, 4) is 5.75 Å². The van der Waals surface area contributed by atoms with Crippen molar-refractivity contribution in [3.63, 3.8) is 0 Å². The van der Waals surface area contributed by atoms with E-state index < -0.39 is 0 Å². The van der Waals surface area contributed by atoms with E-state index >= 15 is 0 Å². The number of hydroxylamine groups is 1. The Kier molecular flexibility index (Phi) is 4.97. The zero-order valence-corrected chi connectivity index (χ0v) is 10.6. The maximum atomic E-state index is 8.35. The third-order valence-corrected chi connectivity index (χ3v) is 2.23. The molecule has 0 saturated heterocycles. The highest BCUT2D eigenvalue weighted by atomic mass is 16.5. The van der Waals surface area contributed by atoms with E-state index in [1.54, 1.807) is 0 Å². The van der Waals surface area contributed by atoms with Crippen molar-refractivity contribution in [2.45, 2.75) is 27.2 Å². The van der Waals surface area contributed by atoms with Crippen molar-refractivity contribution in [1.82, 2.24) is 5.48 Å². The first-order chi connectivity index (χ1) is 8.01. The summed E-state index contributed by atoms with van der Waals surface area (Å²) in [5, 5.41) is 8.35. The van der Waals surface area contributed by atoms with Crippen molar-refractivity contribution >= 4 is 12.0 Å². The Bertz CT molecular complexity index is 353. The smallest absolute Gasteiger partial charge is 0.119 e. The minimum Gasteiger partial charge on any atom is -0.494 e. The maximum absolute atomic E-state index is 8.35. The minimum atomic E-state index is 0.289. The summed E-state index contributed by atoms with van der Waals surface area (Å²) in [6, 6.07) is 7.40. The third kappa shape index (κ3) is 5.92. The van der Waals surface area contributed by atoms with E-state index in [1.807, 2.05) is 29.7 Å². The van der Waals surface area contributed by atoms with Crippen molar-refractivity contribution < 1.29 is 9.94 Å². The van der Waals surface area contributed by atoms with Crippen LogP contribution in [0.2, 0.25) is 0 Å². The molecule has 1 aromatic carbocycles. The quantitative estimate of drug-likeness (QED) is 0.469. The Hall–Kier alpha value is -1.55. The highest BCUT2D eigenvalue weighted by Gasteiger charge is 2.09. The Morgan fingerprint density at radius 1 is 1.29 bits per heavy atom. The average Bonchev–Trinajstić information content (AvgIpc) is 2.26. The second-order valence-corrected chi connectivity index (χ2v) is 5.04. The molecule has 0 radical (unpaired) electrons. The van der Waals surface area contributed by atoms with E-state index in [0.717, 1.165) is 17.9 Å². The number of benzene rings is 1. The molecule has 0 amide bonds. The van der Waals surface area contributed by atoms with Gasteiger partial charge in [0.2, 0.25) is 0 Å². The molecule has 4 nitrogen and oxygen atoms in total. The number of nitrogens with one attached hydrogen (secondary N) is 1. The molecule has 0 unspecified atom stereocenters. The molecule has 0 spiro atoms. The van der Waals surface area contributed by atoms with Crippen LogP contribution < -0.4 is 10.2 Å². The summed E-state index contributed by atoms with van der Waals surface area (Å²) in [6.45, 7) is 7.28. The van der Waals surface area contributed by atoms with Gasteiger partial charge in [0.1, 0.15) is 12.1 Å². The van der Waals surface area contributed by atoms with E-state index in [0.29, 0.717) is 6.61 Å². The van der Waals surface area contributed by atoms with Gasteiger partial charge in [-0.3, -0.25) is 10.7 Å². The molecule has 4 heteroatoms. The van der Waals surface area contributed by atoms with Crippen LogP contribution in [0.1, 0.15) is 27.2 Å². The maximum Gasteiger partial charge on any atom is 0.119 e. The number of rotatable bonds is 5. The van der Waals surface area contributed by atoms with E-state index in [-0.39, 0.29) is 5.41 Å². The lowest BCUT2D eigenvalue weighted by atomic mass is 9.93. The second-order valence-electron chi connectivity index (χ2n) is 5.04. The molecule has 0 heterocycles. The summed E-state index contributed by atoms with van der Waals surface area (Å²) in [5.41, 5.74) is 2.91. The zero-order chi connectivity index (χ0) is 12.7. The fourth-order valence-corrected chi connectivity index (χ4v) is 1.21. The Morgan fingerprint density at radius 3 is 2.47 bits per heavy atom. The van der Waals surface area contributed by atoms with Gasteiger partial charge in [0.15, 0.2) is 0 Å². The van der Waals surface area contributed by atoms with Gasteiger partial charge in [0, 0.05) is 0 Å². The molecule has 0 aliphatic carbocycles. The lowest BCUT2D eigenvalue weighted by molar-refractivity contribution is 0.240. The fourth-order valence-electron chi connectivity index (χ4n) is 1.21. The molecule has 0 saturated carbocycles. The van der Waals surface area contributed by atoms with Gasteiger partial charge in [-0.1, -0.05) is 20.8 Å². The Balaban J connectivity index is 2.43. The summed E-state index contributed by atoms with van der Waals surface area (Å²) in [6.07, 6.45) is 2.23. The molecule has 17 heavy (non-hydrogen) atoms. The van der Waals surface area contributed by atoms with Crippen LogP contribution in [0, 0.1) is 5.41 Å². The topological polar surface area (TPSA) is 53.8 Å². The molecule has 0 aromatic heterocycles. The van der Waals surface area contributed by atoms with Crippen LogP contribution in [0.25, 0.3) is 0 Å². The summed E-state index contributed by atoms with van der Waals surface area (Å²) >= 11 is 0. The monoisotopic (exact) mass is 236 g/mol. The van der Waals surface area contributed by atoms with Gasteiger partial charge in [-0.15, -0.1) is 0 Å². The van der Waals surface area contributed by atoms with Crippen LogP contribution in [-0.2, 0) is 0 Å². The normalized spacial score (nSPS) is 11.8. The number of nitrogens with zero attached hydrogens (tertiary/aromatic N) is 1. The van der Waals surface area contributed by atoms with Gasteiger partial charge >= 0.3 is 0 Å². The Morgan fingerprint density at radius 2 is 1.94 bits per heavy atom. The molecular formula is C13H20N2O2. The molecule has 0 atom stereocenters. The van der Waals surface area contributed by atoms with E-state index in [9.17, 15) is 0 Å². The number of hydrogen-bond acceptors (Lipinski definition) is 3. The van der Waals surface area contributed by atoms with Gasteiger partial charge < -0.3 is 4.74 Å². The molecule has 0 fully saturated rings. The predicted octanol–water partition coefficient (Wildman–Crippen LogP) is 3.14. The van der Waals surface area contributed by atoms with Crippen LogP contribution in [0.3, 0.4) is 0 Å². The van der Waals surface area contributed by atoms with Crippen molar-refractivity contribution in [2.75, 3.05) is 6.61 Å². The summed E-state index contributed by atoms with van der Waals surface area (Å²) in [5.74, 6) is 0.838. The SMILES string of the molecule is CC(C)(C)CCOc1ccc(N=CNO)cc1. The van der Waals surface area contributed by atoms with Crippen LogP contribution in [0.15, 0.2) is 29.3 Å². The molecule has 0 bridgehead atoms. The Labute approximate surface area is 102 Å². The first kappa shape index (κ1) is 13.5. The molecule has 0 aliphatic rings. The molecule has 1 rings (SSSR count). The lowest BCUT2D eigenvalue weighted by Crippen LogP contribution is -2.10. The van der Waals surface area contributed by atoms with Gasteiger partial charge in [0.05, 0.1) is 12.3 Å². The van der Waals surface area contributed by atoms with E-state index in [2.05, 4.69) is 25.8 Å². The first-order valence-corrected chi connectivity index (χ1v) is 5.66. The summed E-state index contributed by atoms with van der Waals surface area (Å²) in [4.78, 5) is 3.94. The van der Waals surface area contributed by atoms with Crippen molar-refractivity contribution in [1.29, 1.82) is 0 Å². The van der Waals surface area contributed by atoms with Crippen LogP contribution in [-0.4, -0.2) is 18.2 Å². The molecule has 2 N–H and O–H groups in total. The third-order valence-electron chi connectivity index (χ3n) is 2.23. The summed E-state index contributed by atoms with van der Waals surface area (Å²) < 4.78 is 5.62. The highest BCUT2D eigenvalue weighted by molar-refractivity contribution is 5.59. The van der Waals surface area contributed by atoms with Gasteiger partial charge in [0.25, 0.3) is 0 Å². The molecular weight excluding hydrogens is 216 g/mol. The van der Waals surface area contributed by atoms with Crippen LogP contribution >= 0.6 is 0 Å². The van der Waals surface area contributed by atoms with Gasteiger partial charge in [-0.2, -0.15) is 0 Å². The zero-order valence-electron chi connectivity index (χ0n) is 10.6.